The number of aliphatic hydroxyl groups is 1. The number of carbonyl (C=O) groups is 1. The molecule has 4 N–H and O–H groups in total. The molecule has 1 fully saturated rings. The normalized spacial score (nSPS) is 24.7. The molecule has 22 heavy (non-hydrogen) atoms. The molecule has 0 radical (unpaired) electrons. The molecule has 5 nitrogen and oxygen atoms in total. The van der Waals surface area contributed by atoms with Crippen LogP contribution in [0.4, 0.5) is 0 Å². The SMILES string of the molecule is O=C(N[C@@H](CO)c1ccccc1)C1NNC2=CC=CCCC21. The fraction of sp³-hybridized carbons (Fsp3) is 0.353. The van der Waals surface area contributed by atoms with Crippen molar-refractivity contribution in [2.45, 2.75) is 24.9 Å². The lowest BCUT2D eigenvalue weighted by Gasteiger charge is -2.22. The Bertz CT molecular complexity index is 583. The number of carbonyl (C=O) groups excluding carboxylic acids is 1. The molecule has 2 aliphatic rings. The number of fused-ring (bicyclic) bond motifs is 1. The standard InChI is InChI=1S/C17H21N3O2/c21-11-15(12-7-3-1-4-8-12)18-17(22)16-13-9-5-2-6-10-14(13)19-20-16/h1-4,6-8,10,13,15-16,19-21H,5,9,11H2,(H,18,22)/t13?,15-,16?/m0/s1. The zero-order chi connectivity index (χ0) is 15.4. The number of aliphatic hydroxyl groups excluding tert-OH is 1. The highest BCUT2D eigenvalue weighted by molar-refractivity contribution is 5.83. The lowest BCUT2D eigenvalue weighted by Crippen LogP contribution is -2.47. The van der Waals surface area contributed by atoms with Crippen LogP contribution in [0.2, 0.25) is 0 Å². The van der Waals surface area contributed by atoms with Crippen LogP contribution in [-0.4, -0.2) is 23.7 Å². The Morgan fingerprint density at radius 2 is 2.18 bits per heavy atom. The lowest BCUT2D eigenvalue weighted by molar-refractivity contribution is -0.124. The van der Waals surface area contributed by atoms with E-state index in [4.69, 9.17) is 0 Å². The summed E-state index contributed by atoms with van der Waals surface area (Å²) in [6.07, 6.45) is 8.03. The summed E-state index contributed by atoms with van der Waals surface area (Å²) in [4.78, 5) is 12.6. The van der Waals surface area contributed by atoms with Gasteiger partial charge in [-0.15, -0.1) is 0 Å². The maximum atomic E-state index is 12.6. The highest BCUT2D eigenvalue weighted by atomic mass is 16.3. The summed E-state index contributed by atoms with van der Waals surface area (Å²) in [6.45, 7) is -0.120. The predicted molar refractivity (Wildman–Crippen MR) is 84.4 cm³/mol. The molecule has 1 aromatic carbocycles. The van der Waals surface area contributed by atoms with Crippen molar-refractivity contribution in [2.24, 2.45) is 5.92 Å². The summed E-state index contributed by atoms with van der Waals surface area (Å²) in [5.74, 6) is 0.0517. The van der Waals surface area contributed by atoms with E-state index in [-0.39, 0.29) is 30.5 Å². The Balaban J connectivity index is 1.69. The minimum absolute atomic E-state index is 0.0919. The van der Waals surface area contributed by atoms with Crippen LogP contribution < -0.4 is 16.2 Å². The number of hydrazine groups is 1. The zero-order valence-electron chi connectivity index (χ0n) is 12.3. The summed E-state index contributed by atoms with van der Waals surface area (Å²) in [5, 5.41) is 12.5. The molecule has 2 unspecified atom stereocenters. The van der Waals surface area contributed by atoms with Gasteiger partial charge in [-0.3, -0.25) is 4.79 Å². The summed E-state index contributed by atoms with van der Waals surface area (Å²) < 4.78 is 0. The topological polar surface area (TPSA) is 73.4 Å². The molecule has 1 heterocycles. The maximum Gasteiger partial charge on any atom is 0.240 e. The van der Waals surface area contributed by atoms with Crippen molar-refractivity contribution in [1.82, 2.24) is 16.2 Å². The average molecular weight is 299 g/mol. The Labute approximate surface area is 130 Å². The van der Waals surface area contributed by atoms with E-state index in [1.165, 1.54) is 0 Å². The maximum absolute atomic E-state index is 12.6. The van der Waals surface area contributed by atoms with Gasteiger partial charge in [-0.1, -0.05) is 42.5 Å². The van der Waals surface area contributed by atoms with Gasteiger partial charge < -0.3 is 15.8 Å². The van der Waals surface area contributed by atoms with Crippen LogP contribution in [0.15, 0.2) is 54.3 Å². The lowest BCUT2D eigenvalue weighted by atomic mass is 9.93. The Kier molecular flexibility index (Phi) is 4.56. The van der Waals surface area contributed by atoms with E-state index >= 15 is 0 Å². The first kappa shape index (κ1) is 14.8. The highest BCUT2D eigenvalue weighted by Gasteiger charge is 2.36. The molecule has 5 heteroatoms. The van der Waals surface area contributed by atoms with Gasteiger partial charge in [0.25, 0.3) is 0 Å². The summed E-state index contributed by atoms with van der Waals surface area (Å²) in [6, 6.07) is 8.83. The van der Waals surface area contributed by atoms with Crippen LogP contribution in [-0.2, 0) is 4.79 Å². The van der Waals surface area contributed by atoms with Gasteiger partial charge in [0.15, 0.2) is 0 Å². The predicted octanol–water partition coefficient (Wildman–Crippen LogP) is 1.16. The molecular weight excluding hydrogens is 278 g/mol. The second-order valence-corrected chi connectivity index (χ2v) is 5.64. The van der Waals surface area contributed by atoms with Crippen LogP contribution in [0.5, 0.6) is 0 Å². The van der Waals surface area contributed by atoms with Crippen molar-refractivity contribution in [2.75, 3.05) is 6.61 Å². The van der Waals surface area contributed by atoms with E-state index in [2.05, 4.69) is 22.2 Å². The number of allylic oxidation sites excluding steroid dienone is 3. The van der Waals surface area contributed by atoms with Gasteiger partial charge in [-0.25, -0.2) is 5.43 Å². The van der Waals surface area contributed by atoms with E-state index in [1.807, 2.05) is 42.5 Å². The molecular formula is C17H21N3O2. The number of benzene rings is 1. The van der Waals surface area contributed by atoms with E-state index in [0.717, 1.165) is 24.1 Å². The largest absolute Gasteiger partial charge is 0.394 e. The second kappa shape index (κ2) is 6.77. The van der Waals surface area contributed by atoms with Crippen LogP contribution in [0.1, 0.15) is 24.4 Å². The molecule has 0 aromatic heterocycles. The molecule has 0 saturated carbocycles. The number of hydrogen-bond donors (Lipinski definition) is 4. The van der Waals surface area contributed by atoms with Crippen LogP contribution in [0, 0.1) is 5.92 Å². The van der Waals surface area contributed by atoms with Gasteiger partial charge in [-0.05, 0) is 24.5 Å². The fourth-order valence-corrected chi connectivity index (χ4v) is 2.99. The first-order chi connectivity index (χ1) is 10.8. The summed E-state index contributed by atoms with van der Waals surface area (Å²) in [7, 11) is 0. The highest BCUT2D eigenvalue weighted by Crippen LogP contribution is 2.26. The minimum atomic E-state index is -0.382. The third kappa shape index (κ3) is 3.05. The van der Waals surface area contributed by atoms with Crippen molar-refractivity contribution in [3.05, 3.63) is 59.8 Å². The molecule has 1 aromatic rings. The molecule has 3 atom stereocenters. The average Bonchev–Trinajstić information content (AvgIpc) is 2.82. The number of amides is 1. The van der Waals surface area contributed by atoms with Crippen molar-refractivity contribution < 1.29 is 9.90 Å². The molecule has 1 amide bonds. The Morgan fingerprint density at radius 1 is 1.36 bits per heavy atom. The van der Waals surface area contributed by atoms with Gasteiger partial charge in [0.1, 0.15) is 6.04 Å². The van der Waals surface area contributed by atoms with Crippen LogP contribution in [0.25, 0.3) is 0 Å². The zero-order valence-corrected chi connectivity index (χ0v) is 12.3. The van der Waals surface area contributed by atoms with Gasteiger partial charge in [0.05, 0.1) is 12.6 Å². The molecule has 3 rings (SSSR count). The molecule has 1 saturated heterocycles. The monoisotopic (exact) mass is 299 g/mol. The van der Waals surface area contributed by atoms with Crippen molar-refractivity contribution in [3.8, 4) is 0 Å². The van der Waals surface area contributed by atoms with Crippen molar-refractivity contribution in [1.29, 1.82) is 0 Å². The molecule has 1 aliphatic heterocycles. The third-order valence-corrected chi connectivity index (χ3v) is 4.21. The third-order valence-electron chi connectivity index (χ3n) is 4.21. The molecule has 0 bridgehead atoms. The van der Waals surface area contributed by atoms with Gasteiger partial charge >= 0.3 is 0 Å². The Hall–Kier alpha value is -2.11. The number of rotatable bonds is 4. The van der Waals surface area contributed by atoms with Crippen molar-refractivity contribution in [3.63, 3.8) is 0 Å². The van der Waals surface area contributed by atoms with E-state index in [9.17, 15) is 9.90 Å². The van der Waals surface area contributed by atoms with Crippen LogP contribution in [0.3, 0.4) is 0 Å². The number of hydrogen-bond acceptors (Lipinski definition) is 4. The van der Waals surface area contributed by atoms with E-state index in [1.54, 1.807) is 0 Å². The molecule has 1 aliphatic carbocycles. The first-order valence-electron chi connectivity index (χ1n) is 7.64. The second-order valence-electron chi connectivity index (χ2n) is 5.64. The number of nitrogens with one attached hydrogen (secondary N) is 3. The van der Waals surface area contributed by atoms with Gasteiger partial charge in [0, 0.05) is 11.6 Å². The van der Waals surface area contributed by atoms with E-state index in [0.29, 0.717) is 0 Å². The molecule has 116 valence electrons. The van der Waals surface area contributed by atoms with Gasteiger partial charge in [-0.2, -0.15) is 0 Å². The smallest absolute Gasteiger partial charge is 0.240 e. The summed E-state index contributed by atoms with van der Waals surface area (Å²) >= 11 is 0. The minimum Gasteiger partial charge on any atom is -0.394 e. The van der Waals surface area contributed by atoms with E-state index < -0.39 is 0 Å². The van der Waals surface area contributed by atoms with Crippen molar-refractivity contribution >= 4 is 5.91 Å². The summed E-state index contributed by atoms with van der Waals surface area (Å²) in [5.41, 5.74) is 8.11. The molecule has 0 spiro atoms. The van der Waals surface area contributed by atoms with Gasteiger partial charge in [0.2, 0.25) is 5.91 Å². The quantitative estimate of drug-likeness (QED) is 0.673. The Morgan fingerprint density at radius 3 is 2.95 bits per heavy atom. The fourth-order valence-electron chi connectivity index (χ4n) is 2.99. The first-order valence-corrected chi connectivity index (χ1v) is 7.64. The van der Waals surface area contributed by atoms with Crippen LogP contribution >= 0.6 is 0 Å².